The van der Waals surface area contributed by atoms with Crippen molar-refractivity contribution >= 4 is 12.2 Å². The normalized spacial score (nSPS) is 15.5. The highest BCUT2D eigenvalue weighted by Gasteiger charge is 2.06. The van der Waals surface area contributed by atoms with Crippen molar-refractivity contribution in [3.8, 4) is 5.75 Å². The first-order valence-electron chi connectivity index (χ1n) is 6.16. The molecular weight excluding hydrogens is 246 g/mol. The Labute approximate surface area is 112 Å². The second-order valence-electron chi connectivity index (χ2n) is 4.03. The Morgan fingerprint density at radius 1 is 1.37 bits per heavy atom. The molecule has 19 heavy (non-hydrogen) atoms. The average Bonchev–Trinajstić information content (AvgIpc) is 2.47. The predicted molar refractivity (Wildman–Crippen MR) is 71.0 cm³/mol. The van der Waals surface area contributed by atoms with E-state index in [1.165, 1.54) is 0 Å². The molecule has 1 aliphatic heterocycles. The standard InChI is InChI=1S/C13H17N3O3/c17-13(10-19-12-4-2-1-3-5-12)15-14-11-16-6-8-18-9-7-16/h1-5,11H,6-10H2,(H,15,17)/b14-11+. The summed E-state index contributed by atoms with van der Waals surface area (Å²) in [6.07, 6.45) is 1.61. The van der Waals surface area contributed by atoms with Crippen molar-refractivity contribution in [3.05, 3.63) is 30.3 Å². The van der Waals surface area contributed by atoms with Gasteiger partial charge < -0.3 is 14.4 Å². The van der Waals surface area contributed by atoms with Gasteiger partial charge in [0.25, 0.3) is 5.91 Å². The van der Waals surface area contributed by atoms with Crippen molar-refractivity contribution in [2.75, 3.05) is 32.9 Å². The summed E-state index contributed by atoms with van der Waals surface area (Å²) in [5, 5.41) is 3.87. The van der Waals surface area contributed by atoms with Gasteiger partial charge in [-0.2, -0.15) is 5.10 Å². The number of carbonyl (C=O) groups is 1. The minimum Gasteiger partial charge on any atom is -0.484 e. The number of carbonyl (C=O) groups excluding carboxylic acids is 1. The quantitative estimate of drug-likeness (QED) is 0.476. The van der Waals surface area contributed by atoms with Gasteiger partial charge in [0.15, 0.2) is 6.61 Å². The van der Waals surface area contributed by atoms with E-state index in [-0.39, 0.29) is 12.5 Å². The third-order valence-corrected chi connectivity index (χ3v) is 2.57. The highest BCUT2D eigenvalue weighted by atomic mass is 16.5. The predicted octanol–water partition coefficient (Wildman–Crippen LogP) is 0.457. The Morgan fingerprint density at radius 3 is 2.84 bits per heavy atom. The maximum Gasteiger partial charge on any atom is 0.278 e. The zero-order valence-corrected chi connectivity index (χ0v) is 10.6. The van der Waals surface area contributed by atoms with Crippen molar-refractivity contribution in [2.45, 2.75) is 0 Å². The van der Waals surface area contributed by atoms with E-state index < -0.39 is 0 Å². The van der Waals surface area contributed by atoms with Gasteiger partial charge in [0, 0.05) is 13.1 Å². The van der Waals surface area contributed by atoms with E-state index >= 15 is 0 Å². The number of amides is 1. The number of nitrogens with zero attached hydrogens (tertiary/aromatic N) is 2. The number of rotatable bonds is 5. The number of benzene rings is 1. The number of morpholine rings is 1. The molecule has 1 fully saturated rings. The first-order chi connectivity index (χ1) is 9.34. The topological polar surface area (TPSA) is 63.2 Å². The van der Waals surface area contributed by atoms with Gasteiger partial charge in [-0.25, -0.2) is 5.43 Å². The number of hydrogen-bond donors (Lipinski definition) is 1. The van der Waals surface area contributed by atoms with Crippen LogP contribution in [0.1, 0.15) is 0 Å². The number of hydrazone groups is 1. The van der Waals surface area contributed by atoms with Gasteiger partial charge in [-0.15, -0.1) is 0 Å². The van der Waals surface area contributed by atoms with Gasteiger partial charge >= 0.3 is 0 Å². The molecule has 1 heterocycles. The molecule has 0 saturated carbocycles. The summed E-state index contributed by atoms with van der Waals surface area (Å²) < 4.78 is 10.5. The van der Waals surface area contributed by atoms with Crippen LogP contribution in [0.25, 0.3) is 0 Å². The van der Waals surface area contributed by atoms with Gasteiger partial charge in [-0.3, -0.25) is 4.79 Å². The van der Waals surface area contributed by atoms with Crippen molar-refractivity contribution in [2.24, 2.45) is 5.10 Å². The summed E-state index contributed by atoms with van der Waals surface area (Å²) in [5.41, 5.74) is 2.42. The molecule has 1 N–H and O–H groups in total. The molecule has 1 aromatic carbocycles. The summed E-state index contributed by atoms with van der Waals surface area (Å²) in [7, 11) is 0. The third kappa shape index (κ3) is 4.97. The lowest BCUT2D eigenvalue weighted by Gasteiger charge is -2.23. The molecule has 0 spiro atoms. The monoisotopic (exact) mass is 263 g/mol. The Bertz CT molecular complexity index is 416. The van der Waals surface area contributed by atoms with Crippen LogP contribution in [0, 0.1) is 0 Å². The van der Waals surface area contributed by atoms with Crippen LogP contribution in [0.2, 0.25) is 0 Å². The lowest BCUT2D eigenvalue weighted by atomic mass is 10.3. The van der Waals surface area contributed by atoms with Crippen molar-refractivity contribution in [1.29, 1.82) is 0 Å². The van der Waals surface area contributed by atoms with Gasteiger partial charge in [0.1, 0.15) is 12.1 Å². The van der Waals surface area contributed by atoms with Crippen LogP contribution in [-0.4, -0.2) is 50.1 Å². The van der Waals surface area contributed by atoms with Crippen LogP contribution in [0.15, 0.2) is 35.4 Å². The first kappa shape index (κ1) is 13.4. The number of ether oxygens (including phenoxy) is 2. The van der Waals surface area contributed by atoms with E-state index in [0.717, 1.165) is 13.1 Å². The maximum atomic E-state index is 11.5. The second-order valence-corrected chi connectivity index (χ2v) is 4.03. The van der Waals surface area contributed by atoms with E-state index in [2.05, 4.69) is 10.5 Å². The average molecular weight is 263 g/mol. The molecule has 0 unspecified atom stereocenters. The minimum absolute atomic E-state index is 0.0511. The Morgan fingerprint density at radius 2 is 2.11 bits per heavy atom. The van der Waals surface area contributed by atoms with E-state index in [9.17, 15) is 4.79 Å². The largest absolute Gasteiger partial charge is 0.484 e. The fourth-order valence-corrected chi connectivity index (χ4v) is 1.57. The molecule has 1 amide bonds. The van der Waals surface area contributed by atoms with Gasteiger partial charge in [-0.05, 0) is 12.1 Å². The van der Waals surface area contributed by atoms with E-state index in [0.29, 0.717) is 19.0 Å². The second kappa shape index (κ2) is 7.38. The number of hydrogen-bond acceptors (Lipinski definition) is 4. The molecule has 0 aliphatic carbocycles. The lowest BCUT2D eigenvalue weighted by Crippen LogP contribution is -2.36. The molecule has 102 valence electrons. The molecule has 6 nitrogen and oxygen atoms in total. The van der Waals surface area contributed by atoms with Crippen LogP contribution < -0.4 is 10.2 Å². The maximum absolute atomic E-state index is 11.5. The molecule has 0 atom stereocenters. The van der Waals surface area contributed by atoms with Gasteiger partial charge in [0.2, 0.25) is 0 Å². The van der Waals surface area contributed by atoms with Crippen molar-refractivity contribution < 1.29 is 14.3 Å². The lowest BCUT2D eigenvalue weighted by molar-refractivity contribution is -0.123. The molecule has 6 heteroatoms. The van der Waals surface area contributed by atoms with Gasteiger partial charge in [-0.1, -0.05) is 18.2 Å². The molecule has 0 aromatic heterocycles. The summed E-state index contributed by atoms with van der Waals surface area (Å²) in [6, 6.07) is 9.18. The van der Waals surface area contributed by atoms with Crippen LogP contribution in [-0.2, 0) is 9.53 Å². The highest BCUT2D eigenvalue weighted by Crippen LogP contribution is 2.07. The molecule has 1 aromatic rings. The smallest absolute Gasteiger partial charge is 0.278 e. The minimum atomic E-state index is -0.284. The molecule has 1 aliphatic rings. The van der Waals surface area contributed by atoms with Crippen molar-refractivity contribution in [3.63, 3.8) is 0 Å². The fraction of sp³-hybridized carbons (Fsp3) is 0.385. The van der Waals surface area contributed by atoms with E-state index in [1.54, 1.807) is 18.5 Å². The highest BCUT2D eigenvalue weighted by molar-refractivity contribution is 5.78. The zero-order valence-electron chi connectivity index (χ0n) is 10.6. The fourth-order valence-electron chi connectivity index (χ4n) is 1.57. The molecule has 2 rings (SSSR count). The molecule has 0 bridgehead atoms. The third-order valence-electron chi connectivity index (χ3n) is 2.57. The summed E-state index contributed by atoms with van der Waals surface area (Å²) in [6.45, 7) is 2.92. The Balaban J connectivity index is 1.65. The van der Waals surface area contributed by atoms with Crippen LogP contribution >= 0.6 is 0 Å². The van der Waals surface area contributed by atoms with Gasteiger partial charge in [0.05, 0.1) is 13.2 Å². The van der Waals surface area contributed by atoms with E-state index in [1.807, 2.05) is 23.1 Å². The Kier molecular flexibility index (Phi) is 5.18. The van der Waals surface area contributed by atoms with E-state index in [4.69, 9.17) is 9.47 Å². The first-order valence-corrected chi connectivity index (χ1v) is 6.16. The summed E-state index contributed by atoms with van der Waals surface area (Å²) in [5.74, 6) is 0.378. The SMILES string of the molecule is O=C(COc1ccccc1)N/N=C/N1CCOCC1. The van der Waals surface area contributed by atoms with Crippen LogP contribution in [0.5, 0.6) is 5.75 Å². The molecule has 0 radical (unpaired) electrons. The zero-order chi connectivity index (χ0) is 13.3. The number of nitrogens with one attached hydrogen (secondary N) is 1. The number of para-hydroxylation sites is 1. The summed E-state index contributed by atoms with van der Waals surface area (Å²) in [4.78, 5) is 13.5. The van der Waals surface area contributed by atoms with Crippen LogP contribution in [0.4, 0.5) is 0 Å². The Hall–Kier alpha value is -2.08. The van der Waals surface area contributed by atoms with Crippen molar-refractivity contribution in [1.82, 2.24) is 10.3 Å². The summed E-state index contributed by atoms with van der Waals surface area (Å²) >= 11 is 0. The molecular formula is C13H17N3O3. The molecule has 1 saturated heterocycles. The van der Waals surface area contributed by atoms with Crippen LogP contribution in [0.3, 0.4) is 0 Å².